The number of aliphatic hydroxyl groups excluding tert-OH is 1. The number of carbonyl (C=O) groups excluding carboxylic acids is 2. The van der Waals surface area contributed by atoms with Crippen LogP contribution >= 0.6 is 0 Å². The zero-order valence-electron chi connectivity index (χ0n) is 10.6. The van der Waals surface area contributed by atoms with E-state index < -0.39 is 11.6 Å². The van der Waals surface area contributed by atoms with Gasteiger partial charge in [0.25, 0.3) is 0 Å². The SMILES string of the molecule is CCC(O)=C1C(=O)CC2(C=CCCCC2)OC1=O. The highest BCUT2D eigenvalue weighted by molar-refractivity contribution is 6.19. The summed E-state index contributed by atoms with van der Waals surface area (Å²) in [5, 5.41) is 9.61. The Balaban J connectivity index is 2.29. The van der Waals surface area contributed by atoms with E-state index in [1.54, 1.807) is 6.92 Å². The highest BCUT2D eigenvalue weighted by Crippen LogP contribution is 2.35. The molecular weight excluding hydrogens is 232 g/mol. The van der Waals surface area contributed by atoms with Gasteiger partial charge in [0.05, 0.1) is 6.42 Å². The van der Waals surface area contributed by atoms with Crippen molar-refractivity contribution in [3.63, 3.8) is 0 Å². The van der Waals surface area contributed by atoms with Crippen LogP contribution in [0.5, 0.6) is 0 Å². The van der Waals surface area contributed by atoms with Gasteiger partial charge in [-0.05, 0) is 31.8 Å². The molecule has 1 fully saturated rings. The van der Waals surface area contributed by atoms with Crippen molar-refractivity contribution in [2.24, 2.45) is 0 Å². The van der Waals surface area contributed by atoms with Gasteiger partial charge in [-0.3, -0.25) is 4.79 Å². The number of ketones is 1. The number of ether oxygens (including phenoxy) is 1. The van der Waals surface area contributed by atoms with Crippen LogP contribution in [-0.2, 0) is 14.3 Å². The Hall–Kier alpha value is -1.58. The van der Waals surface area contributed by atoms with E-state index in [4.69, 9.17) is 4.74 Å². The number of aliphatic hydroxyl groups is 1. The zero-order chi connectivity index (χ0) is 13.2. The molecule has 1 aliphatic heterocycles. The number of hydrogen-bond acceptors (Lipinski definition) is 4. The fourth-order valence-corrected chi connectivity index (χ4v) is 2.50. The quantitative estimate of drug-likeness (QED) is 0.255. The largest absolute Gasteiger partial charge is 0.511 e. The predicted molar refractivity (Wildman–Crippen MR) is 66.0 cm³/mol. The number of rotatable bonds is 1. The van der Waals surface area contributed by atoms with Crippen LogP contribution in [0.2, 0.25) is 0 Å². The first-order valence-corrected chi connectivity index (χ1v) is 6.44. The van der Waals surface area contributed by atoms with Crippen molar-refractivity contribution in [3.8, 4) is 0 Å². The van der Waals surface area contributed by atoms with E-state index in [0.29, 0.717) is 6.42 Å². The number of hydrogen-bond donors (Lipinski definition) is 1. The number of carbonyl (C=O) groups is 2. The van der Waals surface area contributed by atoms with Crippen molar-refractivity contribution in [1.29, 1.82) is 0 Å². The molecule has 2 rings (SSSR count). The monoisotopic (exact) mass is 250 g/mol. The Morgan fingerprint density at radius 2 is 2.22 bits per heavy atom. The van der Waals surface area contributed by atoms with Gasteiger partial charge in [-0.15, -0.1) is 0 Å². The minimum atomic E-state index is -0.776. The summed E-state index contributed by atoms with van der Waals surface area (Å²) in [6.07, 6.45) is 7.85. The van der Waals surface area contributed by atoms with Gasteiger partial charge in [0.15, 0.2) is 5.78 Å². The molecule has 0 aromatic heterocycles. The summed E-state index contributed by atoms with van der Waals surface area (Å²) >= 11 is 0. The molecule has 4 nitrogen and oxygen atoms in total. The summed E-state index contributed by atoms with van der Waals surface area (Å²) in [6.45, 7) is 1.69. The summed E-state index contributed by atoms with van der Waals surface area (Å²) in [4.78, 5) is 23.9. The third-order valence-corrected chi connectivity index (χ3v) is 3.50. The van der Waals surface area contributed by atoms with Gasteiger partial charge in [0.1, 0.15) is 16.9 Å². The summed E-state index contributed by atoms with van der Waals surface area (Å²) in [7, 11) is 0. The van der Waals surface area contributed by atoms with E-state index >= 15 is 0 Å². The highest BCUT2D eigenvalue weighted by Gasteiger charge is 2.43. The van der Waals surface area contributed by atoms with Crippen LogP contribution in [0, 0.1) is 0 Å². The van der Waals surface area contributed by atoms with Gasteiger partial charge in [-0.25, -0.2) is 4.79 Å². The topological polar surface area (TPSA) is 63.6 Å². The van der Waals surface area contributed by atoms with Crippen molar-refractivity contribution in [1.82, 2.24) is 0 Å². The fourth-order valence-electron chi connectivity index (χ4n) is 2.50. The molecule has 0 saturated carbocycles. The molecule has 4 heteroatoms. The Kier molecular flexibility index (Phi) is 3.55. The van der Waals surface area contributed by atoms with E-state index in [0.717, 1.165) is 19.3 Å². The molecular formula is C14H18O4. The van der Waals surface area contributed by atoms with E-state index in [2.05, 4.69) is 0 Å². The summed E-state index contributed by atoms with van der Waals surface area (Å²) in [6, 6.07) is 0. The van der Waals surface area contributed by atoms with Crippen LogP contribution in [-0.4, -0.2) is 22.5 Å². The molecule has 0 radical (unpaired) electrons. The van der Waals surface area contributed by atoms with Crippen molar-refractivity contribution in [3.05, 3.63) is 23.5 Å². The highest BCUT2D eigenvalue weighted by atomic mass is 16.6. The molecule has 98 valence electrons. The Labute approximate surface area is 106 Å². The molecule has 0 bridgehead atoms. The first-order valence-electron chi connectivity index (χ1n) is 6.44. The van der Waals surface area contributed by atoms with Crippen LogP contribution in [0.4, 0.5) is 0 Å². The minimum absolute atomic E-state index is 0.147. The zero-order valence-corrected chi connectivity index (χ0v) is 10.6. The van der Waals surface area contributed by atoms with E-state index in [1.165, 1.54) is 0 Å². The molecule has 1 spiro atoms. The molecule has 1 atom stereocenters. The molecule has 18 heavy (non-hydrogen) atoms. The first kappa shape index (κ1) is 12.9. The average Bonchev–Trinajstić information content (AvgIpc) is 2.53. The van der Waals surface area contributed by atoms with Crippen molar-refractivity contribution in [2.45, 2.75) is 51.0 Å². The van der Waals surface area contributed by atoms with Crippen LogP contribution in [0.1, 0.15) is 45.4 Å². The lowest BCUT2D eigenvalue weighted by molar-refractivity contribution is -0.158. The van der Waals surface area contributed by atoms with Crippen molar-refractivity contribution >= 4 is 11.8 Å². The molecule has 0 amide bonds. The average molecular weight is 250 g/mol. The van der Waals surface area contributed by atoms with Crippen LogP contribution in [0.3, 0.4) is 0 Å². The Morgan fingerprint density at radius 3 is 2.89 bits per heavy atom. The van der Waals surface area contributed by atoms with Gasteiger partial charge in [-0.1, -0.05) is 13.0 Å². The van der Waals surface area contributed by atoms with Gasteiger partial charge >= 0.3 is 5.97 Å². The van der Waals surface area contributed by atoms with Crippen molar-refractivity contribution < 1.29 is 19.4 Å². The normalized spacial score (nSPS) is 31.2. The molecule has 0 aromatic rings. The molecule has 2 aliphatic rings. The lowest BCUT2D eigenvalue weighted by Gasteiger charge is -2.33. The van der Waals surface area contributed by atoms with Crippen molar-refractivity contribution in [2.75, 3.05) is 0 Å². The number of Topliss-reactive ketones (excluding diaryl/α,β-unsaturated/α-hetero) is 1. The molecule has 0 aromatic carbocycles. The molecule has 1 heterocycles. The molecule has 1 saturated heterocycles. The Bertz CT molecular complexity index is 411. The van der Waals surface area contributed by atoms with Gasteiger partial charge in [0.2, 0.25) is 0 Å². The fraction of sp³-hybridized carbons (Fsp3) is 0.571. The second kappa shape index (κ2) is 4.96. The van der Waals surface area contributed by atoms with Crippen LogP contribution in [0.25, 0.3) is 0 Å². The summed E-state index contributed by atoms with van der Waals surface area (Å²) < 4.78 is 5.44. The number of esters is 1. The van der Waals surface area contributed by atoms with Gasteiger partial charge in [-0.2, -0.15) is 0 Å². The minimum Gasteiger partial charge on any atom is -0.511 e. The maximum absolute atomic E-state index is 12.0. The summed E-state index contributed by atoms with van der Waals surface area (Å²) in [5.74, 6) is -1.16. The standard InChI is InChI=1S/C14H18O4/c1-2-10(15)12-11(16)9-14(18-13(12)17)7-5-3-4-6-8-14/h5,7,15H,2-4,6,8-9H2,1H3. The summed E-state index contributed by atoms with van der Waals surface area (Å²) in [5.41, 5.74) is -0.942. The van der Waals surface area contributed by atoms with E-state index in [9.17, 15) is 14.7 Å². The smallest absolute Gasteiger partial charge is 0.346 e. The lowest BCUT2D eigenvalue weighted by atomic mass is 9.86. The second-order valence-corrected chi connectivity index (χ2v) is 4.88. The third-order valence-electron chi connectivity index (χ3n) is 3.50. The van der Waals surface area contributed by atoms with Gasteiger partial charge in [0, 0.05) is 6.42 Å². The maximum atomic E-state index is 12.0. The number of allylic oxidation sites excluding steroid dienone is 2. The molecule has 1 N–H and O–H groups in total. The van der Waals surface area contributed by atoms with Crippen LogP contribution < -0.4 is 0 Å². The first-order chi connectivity index (χ1) is 8.58. The predicted octanol–water partition coefficient (Wildman–Crippen LogP) is 2.59. The van der Waals surface area contributed by atoms with E-state index in [-0.39, 0.29) is 30.0 Å². The van der Waals surface area contributed by atoms with Gasteiger partial charge < -0.3 is 9.84 Å². The Morgan fingerprint density at radius 1 is 1.44 bits per heavy atom. The maximum Gasteiger partial charge on any atom is 0.346 e. The second-order valence-electron chi connectivity index (χ2n) is 4.88. The lowest BCUT2D eigenvalue weighted by Crippen LogP contribution is -2.42. The van der Waals surface area contributed by atoms with Crippen LogP contribution in [0.15, 0.2) is 23.5 Å². The van der Waals surface area contributed by atoms with E-state index in [1.807, 2.05) is 12.2 Å². The molecule has 1 aliphatic carbocycles. The molecule has 1 unspecified atom stereocenters. The third kappa shape index (κ3) is 2.33.